The molecule has 0 atom stereocenters. The van der Waals surface area contributed by atoms with Gasteiger partial charge in [0.05, 0.1) is 23.3 Å². The number of furan rings is 1. The molecule has 0 amide bonds. The van der Waals surface area contributed by atoms with E-state index in [0.29, 0.717) is 0 Å². The van der Waals surface area contributed by atoms with Crippen LogP contribution in [0.1, 0.15) is 100 Å². The highest BCUT2D eigenvalue weighted by atomic mass is 32.1. The Bertz CT molecular complexity index is 3250. The highest BCUT2D eigenvalue weighted by Crippen LogP contribution is 2.25. The number of thiophene rings is 1. The number of H-pyrrole nitrogens is 1. The molecule has 492 valence electrons. The first-order valence-corrected chi connectivity index (χ1v) is 34.4. The predicted molar refractivity (Wildman–Crippen MR) is 379 cm³/mol. The van der Waals surface area contributed by atoms with E-state index in [-0.39, 0.29) is 0 Å². The molecule has 7 aromatic heterocycles. The first-order chi connectivity index (χ1) is 45.2. The van der Waals surface area contributed by atoms with Crippen molar-refractivity contribution in [3.63, 3.8) is 0 Å². The van der Waals surface area contributed by atoms with Crippen LogP contribution in [0.2, 0.25) is 0 Å². The van der Waals surface area contributed by atoms with Gasteiger partial charge in [-0.05, 0) is 186 Å². The number of nitrogens with zero attached hydrogens (tertiary/aromatic N) is 13. The summed E-state index contributed by atoms with van der Waals surface area (Å²) in [5, 5.41) is 2.20. The van der Waals surface area contributed by atoms with Gasteiger partial charge in [0.2, 0.25) is 0 Å². The summed E-state index contributed by atoms with van der Waals surface area (Å²) in [6.07, 6.45) is 18.3. The van der Waals surface area contributed by atoms with Crippen molar-refractivity contribution in [1.82, 2.24) is 69.0 Å². The van der Waals surface area contributed by atoms with Crippen LogP contribution < -0.4 is 0 Å². The molecule has 16 heteroatoms. The van der Waals surface area contributed by atoms with Crippen molar-refractivity contribution in [2.75, 3.05) is 103 Å². The minimum absolute atomic E-state index is 1.01. The predicted octanol–water partition coefficient (Wildman–Crippen LogP) is 11.5. The molecule has 0 aliphatic carbocycles. The Morgan fingerprint density at radius 3 is 1.30 bits per heavy atom. The van der Waals surface area contributed by atoms with Crippen LogP contribution in [0.3, 0.4) is 0 Å². The Morgan fingerprint density at radius 2 is 0.699 bits per heavy atom. The van der Waals surface area contributed by atoms with Gasteiger partial charge >= 0.3 is 0 Å². The number of rotatable bonds is 0. The van der Waals surface area contributed by atoms with Gasteiger partial charge in [-0.25, -0.2) is 0 Å². The lowest BCUT2D eigenvalue weighted by atomic mass is 10.0. The molecule has 0 saturated heterocycles. The molecular weight excluding hydrogens is 1170 g/mol. The topological polar surface area (TPSA) is 110 Å². The largest absolute Gasteiger partial charge is 0.469 e. The van der Waals surface area contributed by atoms with Gasteiger partial charge < -0.3 is 38.8 Å². The number of hydrogen-bond donors (Lipinski definition) is 1. The van der Waals surface area contributed by atoms with Crippen LogP contribution in [-0.2, 0) is 117 Å². The fourth-order valence-electron chi connectivity index (χ4n) is 13.1. The van der Waals surface area contributed by atoms with Gasteiger partial charge in [-0.2, -0.15) is 0 Å². The third-order valence-electron chi connectivity index (χ3n) is 18.4. The van der Waals surface area contributed by atoms with Crippen LogP contribution >= 0.6 is 11.3 Å². The monoisotopic (exact) mass is 1270 g/mol. The third-order valence-corrected chi connectivity index (χ3v) is 19.5. The molecule has 0 fully saturated rings. The van der Waals surface area contributed by atoms with Gasteiger partial charge in [-0.15, -0.1) is 11.3 Å². The Labute approximate surface area is 559 Å². The van der Waals surface area contributed by atoms with E-state index in [1.54, 1.807) is 16.7 Å². The highest BCUT2D eigenvalue weighted by Gasteiger charge is 2.20. The molecule has 15 nitrogen and oxygen atoms in total. The fourth-order valence-corrected chi connectivity index (χ4v) is 14.0. The SMILES string of the molecule is CN1CCc2[nH]ccc2C1.CN1CCc2ccccc2C1.CN1CCc2cccnc2C1.CN1CCc2ncccc2C1.CN1CCc2occc2C1.CN1CCc2sccc2C1.CN1Cc2ccccc2C1.CN1Cc2cccnc2C1.CN1Cc2cccnc2C1. The molecule has 0 spiro atoms. The minimum atomic E-state index is 1.01. The molecule has 9 aliphatic rings. The minimum Gasteiger partial charge on any atom is -0.469 e. The van der Waals surface area contributed by atoms with E-state index in [1.165, 1.54) is 135 Å². The number of benzene rings is 2. The van der Waals surface area contributed by atoms with Crippen LogP contribution in [0, 0.1) is 0 Å². The summed E-state index contributed by atoms with van der Waals surface area (Å²) >= 11 is 1.90. The van der Waals surface area contributed by atoms with Crippen molar-refractivity contribution in [2.24, 2.45) is 0 Å². The van der Waals surface area contributed by atoms with Crippen molar-refractivity contribution in [1.29, 1.82) is 0 Å². The quantitative estimate of drug-likeness (QED) is 0.156. The zero-order valence-corrected chi connectivity index (χ0v) is 57.9. The molecule has 0 saturated carbocycles. The molecular formula is C77H102N14OS. The maximum absolute atomic E-state index is 5.28. The molecule has 9 aliphatic heterocycles. The van der Waals surface area contributed by atoms with Gasteiger partial charge in [0.1, 0.15) is 5.76 Å². The highest BCUT2D eigenvalue weighted by molar-refractivity contribution is 7.10. The Balaban J connectivity index is 0.000000114. The molecule has 16 heterocycles. The summed E-state index contributed by atoms with van der Waals surface area (Å²) in [6.45, 7) is 19.9. The number of hydrogen-bond acceptors (Lipinski definition) is 15. The smallest absolute Gasteiger partial charge is 0.109 e. The van der Waals surface area contributed by atoms with Crippen molar-refractivity contribution >= 4 is 11.3 Å². The average Bonchev–Trinajstić information content (AvgIpc) is 2.82. The molecule has 1 N–H and O–H groups in total. The number of aromatic amines is 1. The summed E-state index contributed by atoms with van der Waals surface area (Å²) in [7, 11) is 19.3. The van der Waals surface area contributed by atoms with Crippen LogP contribution in [0.25, 0.3) is 0 Å². The summed E-state index contributed by atoms with van der Waals surface area (Å²) in [5.74, 6) is 1.18. The van der Waals surface area contributed by atoms with E-state index in [4.69, 9.17) is 4.42 Å². The maximum atomic E-state index is 5.28. The summed E-state index contributed by atoms with van der Waals surface area (Å²) in [6, 6.07) is 40.5. The fraction of sp³-hybridized carbons (Fsp3) is 0.429. The van der Waals surface area contributed by atoms with Crippen LogP contribution in [0.15, 0.2) is 162 Å². The number of aromatic nitrogens is 5. The van der Waals surface area contributed by atoms with Crippen molar-refractivity contribution in [2.45, 2.75) is 117 Å². The second-order valence-electron chi connectivity index (χ2n) is 26.6. The third kappa shape index (κ3) is 21.0. The lowest BCUT2D eigenvalue weighted by Gasteiger charge is -2.24. The number of likely N-dealkylation sites (N-methyl/N-ethyl adjacent to an activating group) is 6. The zero-order chi connectivity index (χ0) is 64.9. The molecule has 18 rings (SSSR count). The molecule has 9 aromatic rings. The first kappa shape index (κ1) is 68.8. The van der Waals surface area contributed by atoms with E-state index >= 15 is 0 Å². The average molecular weight is 1270 g/mol. The van der Waals surface area contributed by atoms with Gasteiger partial charge in [0, 0.05) is 190 Å². The van der Waals surface area contributed by atoms with Crippen molar-refractivity contribution in [3.05, 3.63) is 258 Å². The van der Waals surface area contributed by atoms with Crippen LogP contribution in [0.4, 0.5) is 0 Å². The first-order valence-electron chi connectivity index (χ1n) is 33.5. The zero-order valence-electron chi connectivity index (χ0n) is 57.1. The lowest BCUT2D eigenvalue weighted by molar-refractivity contribution is 0.294. The standard InChI is InChI=1S/C10H13N.2C9H12N2.C9H11N.C8H12N2.2C8H10N2.C8H11NO.C8H11NS/c1-11-7-6-9-4-2-3-5-10(9)8-11;1-11-6-4-9-8(7-11)3-2-5-10-9;1-11-6-4-8-3-2-5-10-9(8)7-11;1-10-6-8-4-2-3-5-9(8)7-10;1-10-5-3-8-7(6-10)2-4-9-8;2*1-10-5-7-3-2-4-9-8(7)6-10;2*1-9-4-2-8-7(6-9)3-5-10-8/h2-5H,6-8H2,1H3;2*2-3,5H,4,6-7H2,1H3;2-5H,6-7H2,1H3;2,4,9H,3,5-6H2,1H3;2*2-4H,5-6H2,1H3;2*3,5H,2,4,6H2,1H3. The Morgan fingerprint density at radius 1 is 0.312 bits per heavy atom. The molecule has 0 radical (unpaired) electrons. The number of pyridine rings is 4. The van der Waals surface area contributed by atoms with E-state index in [2.05, 4.69) is 229 Å². The number of fused-ring (bicyclic) bond motifs is 9. The number of nitrogens with one attached hydrogen (secondary N) is 1. The van der Waals surface area contributed by atoms with Gasteiger partial charge in [-0.3, -0.25) is 34.6 Å². The van der Waals surface area contributed by atoms with E-state index < -0.39 is 0 Å². The molecule has 0 bridgehead atoms. The van der Waals surface area contributed by atoms with Gasteiger partial charge in [0.25, 0.3) is 0 Å². The summed E-state index contributed by atoms with van der Waals surface area (Å²) in [4.78, 5) is 42.9. The van der Waals surface area contributed by atoms with E-state index in [9.17, 15) is 0 Å². The Kier molecular flexibility index (Phi) is 25.8. The van der Waals surface area contributed by atoms with E-state index in [1.807, 2.05) is 66.6 Å². The van der Waals surface area contributed by atoms with Crippen LogP contribution in [0.5, 0.6) is 0 Å². The molecule has 93 heavy (non-hydrogen) atoms. The summed E-state index contributed by atoms with van der Waals surface area (Å²) in [5.41, 5.74) is 22.4. The normalized spacial score (nSPS) is 18.0. The maximum Gasteiger partial charge on any atom is 0.109 e. The lowest BCUT2D eigenvalue weighted by Crippen LogP contribution is -2.27. The van der Waals surface area contributed by atoms with Gasteiger partial charge in [-0.1, -0.05) is 72.8 Å². The van der Waals surface area contributed by atoms with Crippen LogP contribution in [-0.4, -0.2) is 172 Å². The second kappa shape index (κ2) is 34.9. The second-order valence-corrected chi connectivity index (χ2v) is 27.6. The molecule has 2 aromatic carbocycles. The Hall–Kier alpha value is -7.06. The molecule has 0 unspecified atom stereocenters. The van der Waals surface area contributed by atoms with E-state index in [0.717, 1.165) is 111 Å². The van der Waals surface area contributed by atoms with Crippen molar-refractivity contribution < 1.29 is 4.42 Å². The van der Waals surface area contributed by atoms with Gasteiger partial charge in [0.15, 0.2) is 0 Å². The summed E-state index contributed by atoms with van der Waals surface area (Å²) < 4.78 is 5.28. The van der Waals surface area contributed by atoms with Crippen molar-refractivity contribution in [3.8, 4) is 0 Å².